The molecule has 0 saturated carbocycles. The Hall–Kier alpha value is -2.54. The first-order valence-electron chi connectivity index (χ1n) is 8.58. The zero-order valence-corrected chi connectivity index (χ0v) is 16.8. The summed E-state index contributed by atoms with van der Waals surface area (Å²) in [7, 11) is 0. The third-order valence-corrected chi connectivity index (χ3v) is 4.99. The standard InChI is InChI=1S/C21H18BrF3N2O/c1-11(2)27-20(28)13-5-8-15-16(10-18(22)19(26)17(15)9-13)12-3-6-14(7-4-12)21(23,24)25/h3-11H,26H2,1-2H3,(H,27,28). The third kappa shape index (κ3) is 3.99. The van der Waals surface area contributed by atoms with Gasteiger partial charge >= 0.3 is 6.18 Å². The van der Waals surface area contributed by atoms with E-state index in [1.54, 1.807) is 24.3 Å². The molecule has 3 aromatic rings. The second-order valence-electron chi connectivity index (χ2n) is 6.78. The van der Waals surface area contributed by atoms with Crippen LogP contribution in [0.3, 0.4) is 0 Å². The Kier molecular flexibility index (Phi) is 5.39. The van der Waals surface area contributed by atoms with Crippen LogP contribution in [0, 0.1) is 0 Å². The van der Waals surface area contributed by atoms with E-state index in [2.05, 4.69) is 21.2 Å². The van der Waals surface area contributed by atoms with Gasteiger partial charge in [0.25, 0.3) is 5.91 Å². The van der Waals surface area contributed by atoms with Crippen LogP contribution in [0.5, 0.6) is 0 Å². The molecule has 0 bridgehead atoms. The molecule has 3 aromatic carbocycles. The van der Waals surface area contributed by atoms with E-state index < -0.39 is 11.7 Å². The van der Waals surface area contributed by atoms with Gasteiger partial charge in [-0.25, -0.2) is 0 Å². The highest BCUT2D eigenvalue weighted by Gasteiger charge is 2.30. The lowest BCUT2D eigenvalue weighted by Crippen LogP contribution is -2.30. The summed E-state index contributed by atoms with van der Waals surface area (Å²) in [6, 6.07) is 11.9. The molecule has 146 valence electrons. The third-order valence-electron chi connectivity index (χ3n) is 4.33. The maximum atomic E-state index is 12.8. The van der Waals surface area contributed by atoms with Crippen molar-refractivity contribution in [3.05, 3.63) is 64.1 Å². The molecule has 0 radical (unpaired) electrons. The number of nitrogens with two attached hydrogens (primary N) is 1. The van der Waals surface area contributed by atoms with Crippen molar-refractivity contribution in [3.63, 3.8) is 0 Å². The van der Waals surface area contributed by atoms with Crippen LogP contribution >= 0.6 is 15.9 Å². The molecule has 0 atom stereocenters. The van der Waals surface area contributed by atoms with Gasteiger partial charge in [0.15, 0.2) is 0 Å². The fourth-order valence-corrected chi connectivity index (χ4v) is 3.42. The molecule has 0 fully saturated rings. The average molecular weight is 451 g/mol. The van der Waals surface area contributed by atoms with E-state index in [-0.39, 0.29) is 11.9 Å². The van der Waals surface area contributed by atoms with Crippen LogP contribution in [0.1, 0.15) is 29.8 Å². The van der Waals surface area contributed by atoms with Crippen molar-refractivity contribution in [2.45, 2.75) is 26.1 Å². The lowest BCUT2D eigenvalue weighted by Gasteiger charge is -2.14. The first kappa shape index (κ1) is 20.2. The number of carbonyl (C=O) groups excluding carboxylic acids is 1. The number of benzene rings is 3. The minimum atomic E-state index is -4.39. The Bertz CT molecular complexity index is 1040. The van der Waals surface area contributed by atoms with Crippen molar-refractivity contribution in [3.8, 4) is 11.1 Å². The largest absolute Gasteiger partial charge is 0.416 e. The summed E-state index contributed by atoms with van der Waals surface area (Å²) in [5.74, 6) is -0.215. The maximum absolute atomic E-state index is 12.8. The van der Waals surface area contributed by atoms with Crippen molar-refractivity contribution in [2.75, 3.05) is 5.73 Å². The normalized spacial score (nSPS) is 11.8. The molecular formula is C21H18BrF3N2O. The topological polar surface area (TPSA) is 55.1 Å². The van der Waals surface area contributed by atoms with E-state index >= 15 is 0 Å². The molecule has 0 unspecified atom stereocenters. The van der Waals surface area contributed by atoms with Crippen LogP contribution in [0.4, 0.5) is 18.9 Å². The Labute approximate surface area is 168 Å². The van der Waals surface area contributed by atoms with E-state index in [1.807, 2.05) is 13.8 Å². The number of halogens is 4. The number of carbonyl (C=O) groups is 1. The minimum absolute atomic E-state index is 0.00855. The van der Waals surface area contributed by atoms with Crippen LogP contribution in [-0.4, -0.2) is 11.9 Å². The smallest absolute Gasteiger partial charge is 0.397 e. The molecule has 3 N–H and O–H groups in total. The number of alkyl halides is 3. The summed E-state index contributed by atoms with van der Waals surface area (Å²) in [5.41, 5.74) is 7.75. The minimum Gasteiger partial charge on any atom is -0.397 e. The zero-order chi connectivity index (χ0) is 20.6. The SMILES string of the molecule is CC(C)NC(=O)c1ccc2c(-c3ccc(C(F)(F)F)cc3)cc(Br)c(N)c2c1. The van der Waals surface area contributed by atoms with Crippen molar-refractivity contribution >= 4 is 38.3 Å². The van der Waals surface area contributed by atoms with Gasteiger partial charge < -0.3 is 11.1 Å². The number of amides is 1. The van der Waals surface area contributed by atoms with Crippen molar-refractivity contribution < 1.29 is 18.0 Å². The highest BCUT2D eigenvalue weighted by Crippen LogP contribution is 2.39. The van der Waals surface area contributed by atoms with Crippen molar-refractivity contribution in [2.24, 2.45) is 0 Å². The molecule has 28 heavy (non-hydrogen) atoms. The fraction of sp³-hybridized carbons (Fsp3) is 0.190. The predicted octanol–water partition coefficient (Wildman–Crippen LogP) is 6.01. The lowest BCUT2D eigenvalue weighted by atomic mass is 9.95. The Balaban J connectivity index is 2.14. The molecule has 0 aliphatic carbocycles. The first-order valence-corrected chi connectivity index (χ1v) is 9.37. The maximum Gasteiger partial charge on any atom is 0.416 e. The summed E-state index contributed by atoms with van der Waals surface area (Å²) in [4.78, 5) is 12.3. The van der Waals surface area contributed by atoms with Gasteiger partial charge in [-0.15, -0.1) is 0 Å². The zero-order valence-electron chi connectivity index (χ0n) is 15.2. The highest BCUT2D eigenvalue weighted by molar-refractivity contribution is 9.10. The molecular weight excluding hydrogens is 433 g/mol. The van der Waals surface area contributed by atoms with E-state index in [1.165, 1.54) is 12.1 Å². The monoisotopic (exact) mass is 450 g/mol. The molecule has 0 aliphatic heterocycles. The summed E-state index contributed by atoms with van der Waals surface area (Å²) < 4.78 is 39.1. The van der Waals surface area contributed by atoms with Gasteiger partial charge in [-0.05, 0) is 76.6 Å². The van der Waals surface area contributed by atoms with E-state index in [0.29, 0.717) is 26.7 Å². The Morgan fingerprint density at radius 1 is 1.04 bits per heavy atom. The van der Waals surface area contributed by atoms with Crippen molar-refractivity contribution in [1.82, 2.24) is 5.32 Å². The molecule has 0 aliphatic rings. The van der Waals surface area contributed by atoms with Gasteiger partial charge in [-0.2, -0.15) is 13.2 Å². The number of nitrogens with one attached hydrogen (secondary N) is 1. The van der Waals surface area contributed by atoms with Gasteiger partial charge in [0.1, 0.15) is 0 Å². The first-order chi connectivity index (χ1) is 13.1. The second-order valence-corrected chi connectivity index (χ2v) is 7.64. The number of fused-ring (bicyclic) bond motifs is 1. The highest BCUT2D eigenvalue weighted by atomic mass is 79.9. The van der Waals surface area contributed by atoms with E-state index in [4.69, 9.17) is 5.73 Å². The van der Waals surface area contributed by atoms with Gasteiger partial charge in [0.05, 0.1) is 11.3 Å². The Morgan fingerprint density at radius 3 is 2.25 bits per heavy atom. The quantitative estimate of drug-likeness (QED) is 0.480. The lowest BCUT2D eigenvalue weighted by molar-refractivity contribution is -0.137. The van der Waals surface area contributed by atoms with Crippen LogP contribution in [0.25, 0.3) is 21.9 Å². The molecule has 0 spiro atoms. The van der Waals surface area contributed by atoms with Gasteiger partial charge in [0.2, 0.25) is 0 Å². The van der Waals surface area contributed by atoms with Gasteiger partial charge in [-0.3, -0.25) is 4.79 Å². The fourth-order valence-electron chi connectivity index (χ4n) is 2.98. The molecule has 0 aromatic heterocycles. The van der Waals surface area contributed by atoms with Gasteiger partial charge in [0, 0.05) is 21.5 Å². The number of rotatable bonds is 3. The number of nitrogen functional groups attached to an aromatic ring is 1. The second kappa shape index (κ2) is 7.47. The molecule has 7 heteroatoms. The summed E-state index contributed by atoms with van der Waals surface area (Å²) >= 11 is 3.41. The molecule has 1 amide bonds. The van der Waals surface area contributed by atoms with Crippen molar-refractivity contribution in [1.29, 1.82) is 0 Å². The van der Waals surface area contributed by atoms with Crippen LogP contribution in [0.2, 0.25) is 0 Å². The number of anilines is 1. The predicted molar refractivity (Wildman–Crippen MR) is 109 cm³/mol. The van der Waals surface area contributed by atoms with Crippen LogP contribution < -0.4 is 11.1 Å². The van der Waals surface area contributed by atoms with E-state index in [0.717, 1.165) is 23.1 Å². The van der Waals surface area contributed by atoms with E-state index in [9.17, 15) is 18.0 Å². The van der Waals surface area contributed by atoms with Gasteiger partial charge in [-0.1, -0.05) is 18.2 Å². The molecule has 0 heterocycles. The number of hydrogen-bond acceptors (Lipinski definition) is 2. The van der Waals surface area contributed by atoms with Crippen LogP contribution in [-0.2, 0) is 6.18 Å². The van der Waals surface area contributed by atoms with Crippen LogP contribution in [0.15, 0.2) is 53.0 Å². The number of hydrogen-bond donors (Lipinski definition) is 2. The molecule has 0 saturated heterocycles. The summed E-state index contributed by atoms with van der Waals surface area (Å²) in [6.07, 6.45) is -4.39. The Morgan fingerprint density at radius 2 is 1.68 bits per heavy atom. The molecule has 3 nitrogen and oxygen atoms in total. The summed E-state index contributed by atoms with van der Waals surface area (Å²) in [5, 5.41) is 4.23. The summed E-state index contributed by atoms with van der Waals surface area (Å²) in [6.45, 7) is 3.74. The average Bonchev–Trinajstić information content (AvgIpc) is 2.63. The molecule has 3 rings (SSSR count).